The molecule has 0 aromatic heterocycles. The zero-order valence-electron chi connectivity index (χ0n) is 15.7. The quantitative estimate of drug-likeness (QED) is 0.565. The van der Waals surface area contributed by atoms with Crippen LogP contribution in [-0.2, 0) is 0 Å². The molecule has 1 fully saturated rings. The van der Waals surface area contributed by atoms with Gasteiger partial charge in [0.15, 0.2) is 5.72 Å². The van der Waals surface area contributed by atoms with Crippen molar-refractivity contribution in [3.63, 3.8) is 0 Å². The zero-order chi connectivity index (χ0) is 18.4. The van der Waals surface area contributed by atoms with Gasteiger partial charge >= 0.3 is 0 Å². The third-order valence-electron chi connectivity index (χ3n) is 6.53. The molecule has 0 radical (unpaired) electrons. The predicted molar refractivity (Wildman–Crippen MR) is 112 cm³/mol. The van der Waals surface area contributed by atoms with Crippen LogP contribution < -0.4 is 4.74 Å². The number of rotatable bonds is 2. The molecule has 0 bridgehead atoms. The molecular weight excluding hydrogens is 400 g/mol. The standard InChI is InChI=1S/C23H25BrN2O/c1-2-16-10-12-23(13-11-16)26-21(19-14-18(24)8-9-22(19)27-23)15-20(25-26)17-6-4-3-5-7-17/h3-9,14,16,21H,2,10-13,15H2,1H3. The third kappa shape index (κ3) is 2.89. The van der Waals surface area contributed by atoms with Gasteiger partial charge < -0.3 is 4.74 Å². The highest BCUT2D eigenvalue weighted by Crippen LogP contribution is 2.52. The van der Waals surface area contributed by atoms with Crippen LogP contribution in [0, 0.1) is 5.92 Å². The van der Waals surface area contributed by atoms with Crippen LogP contribution >= 0.6 is 15.9 Å². The van der Waals surface area contributed by atoms with Crippen molar-refractivity contribution in [1.29, 1.82) is 0 Å². The van der Waals surface area contributed by atoms with Gasteiger partial charge in [0.2, 0.25) is 0 Å². The first-order valence-electron chi connectivity index (χ1n) is 10.1. The van der Waals surface area contributed by atoms with E-state index in [4.69, 9.17) is 9.84 Å². The number of nitrogens with zero attached hydrogens (tertiary/aromatic N) is 2. The fourth-order valence-corrected chi connectivity index (χ4v) is 5.30. The normalized spacial score (nSPS) is 29.1. The van der Waals surface area contributed by atoms with Gasteiger partial charge in [-0.3, -0.25) is 0 Å². The van der Waals surface area contributed by atoms with E-state index in [0.717, 1.165) is 35.4 Å². The summed E-state index contributed by atoms with van der Waals surface area (Å²) in [6.45, 7) is 2.31. The molecule has 2 heterocycles. The maximum atomic E-state index is 6.70. The number of hydrogen-bond acceptors (Lipinski definition) is 3. The fraction of sp³-hybridized carbons (Fsp3) is 0.435. The first-order valence-corrected chi connectivity index (χ1v) is 10.9. The van der Waals surface area contributed by atoms with Gasteiger partial charge in [-0.1, -0.05) is 59.6 Å². The largest absolute Gasteiger partial charge is 0.466 e. The SMILES string of the molecule is CCC1CCC2(CC1)Oc1ccc(Br)cc1C1CC(c3ccccc3)=NN12. The Morgan fingerprint density at radius 3 is 2.67 bits per heavy atom. The Balaban J connectivity index is 1.57. The van der Waals surface area contributed by atoms with Crippen LogP contribution in [0.2, 0.25) is 0 Å². The van der Waals surface area contributed by atoms with Crippen molar-refractivity contribution in [2.24, 2.45) is 11.0 Å². The Morgan fingerprint density at radius 2 is 1.93 bits per heavy atom. The number of hydrogen-bond donors (Lipinski definition) is 0. The molecule has 140 valence electrons. The molecule has 1 atom stereocenters. The Bertz CT molecular complexity index is 871. The molecule has 5 rings (SSSR count). The first-order chi connectivity index (χ1) is 13.2. The van der Waals surface area contributed by atoms with Gasteiger partial charge in [-0.05, 0) is 42.5 Å². The third-order valence-corrected chi connectivity index (χ3v) is 7.02. The lowest BCUT2D eigenvalue weighted by Gasteiger charge is -2.50. The van der Waals surface area contributed by atoms with E-state index >= 15 is 0 Å². The lowest BCUT2D eigenvalue weighted by Crippen LogP contribution is -2.55. The summed E-state index contributed by atoms with van der Waals surface area (Å²) in [5.41, 5.74) is 3.37. The molecule has 0 amide bonds. The minimum absolute atomic E-state index is 0.264. The van der Waals surface area contributed by atoms with E-state index in [-0.39, 0.29) is 11.8 Å². The summed E-state index contributed by atoms with van der Waals surface area (Å²) >= 11 is 3.64. The van der Waals surface area contributed by atoms with Crippen LogP contribution in [0.4, 0.5) is 0 Å². The second-order valence-corrected chi connectivity index (χ2v) is 8.97. The molecule has 1 spiro atoms. The fourth-order valence-electron chi connectivity index (χ4n) is 4.93. The number of fused-ring (bicyclic) bond motifs is 4. The second-order valence-electron chi connectivity index (χ2n) is 8.06. The predicted octanol–water partition coefficient (Wildman–Crippen LogP) is 6.29. The second kappa shape index (κ2) is 6.66. The topological polar surface area (TPSA) is 24.8 Å². The van der Waals surface area contributed by atoms with Gasteiger partial charge in [0.05, 0.1) is 11.8 Å². The van der Waals surface area contributed by atoms with Gasteiger partial charge in [0.1, 0.15) is 5.75 Å². The Labute approximate surface area is 169 Å². The molecule has 27 heavy (non-hydrogen) atoms. The Hall–Kier alpha value is -1.81. The maximum absolute atomic E-state index is 6.70. The highest BCUT2D eigenvalue weighted by atomic mass is 79.9. The van der Waals surface area contributed by atoms with Gasteiger partial charge in [-0.25, -0.2) is 5.01 Å². The van der Waals surface area contributed by atoms with Crippen molar-refractivity contribution in [3.05, 3.63) is 64.1 Å². The van der Waals surface area contributed by atoms with Crippen LogP contribution in [0.3, 0.4) is 0 Å². The molecule has 2 aromatic rings. The van der Waals surface area contributed by atoms with E-state index in [9.17, 15) is 0 Å². The summed E-state index contributed by atoms with van der Waals surface area (Å²) in [7, 11) is 0. The smallest absolute Gasteiger partial charge is 0.198 e. The number of halogens is 1. The van der Waals surface area contributed by atoms with Crippen molar-refractivity contribution in [3.8, 4) is 5.75 Å². The average Bonchev–Trinajstić information content (AvgIpc) is 3.17. The van der Waals surface area contributed by atoms with E-state index in [1.165, 1.54) is 36.1 Å². The van der Waals surface area contributed by atoms with Crippen molar-refractivity contribution >= 4 is 21.6 Å². The zero-order valence-corrected chi connectivity index (χ0v) is 17.3. The Morgan fingerprint density at radius 1 is 1.15 bits per heavy atom. The monoisotopic (exact) mass is 424 g/mol. The molecule has 1 saturated carbocycles. The number of ether oxygens (including phenoxy) is 1. The highest BCUT2D eigenvalue weighted by Gasteiger charge is 2.51. The number of hydrazone groups is 1. The van der Waals surface area contributed by atoms with Gasteiger partial charge in [-0.2, -0.15) is 5.10 Å². The highest BCUT2D eigenvalue weighted by molar-refractivity contribution is 9.10. The van der Waals surface area contributed by atoms with Crippen molar-refractivity contribution in [2.45, 2.75) is 57.2 Å². The molecule has 0 N–H and O–H groups in total. The van der Waals surface area contributed by atoms with E-state index in [2.05, 4.69) is 76.4 Å². The Kier molecular flexibility index (Phi) is 4.27. The molecule has 2 aromatic carbocycles. The van der Waals surface area contributed by atoms with Crippen LogP contribution in [0.15, 0.2) is 58.1 Å². The van der Waals surface area contributed by atoms with Crippen LogP contribution in [-0.4, -0.2) is 16.4 Å². The maximum Gasteiger partial charge on any atom is 0.198 e. The lowest BCUT2D eigenvalue weighted by atomic mass is 9.80. The molecule has 3 nitrogen and oxygen atoms in total. The van der Waals surface area contributed by atoms with E-state index in [1.54, 1.807) is 0 Å². The molecule has 1 unspecified atom stereocenters. The van der Waals surface area contributed by atoms with E-state index < -0.39 is 0 Å². The lowest BCUT2D eigenvalue weighted by molar-refractivity contribution is -0.146. The van der Waals surface area contributed by atoms with Crippen molar-refractivity contribution in [2.75, 3.05) is 0 Å². The molecule has 4 heteroatoms. The summed E-state index contributed by atoms with van der Waals surface area (Å²) < 4.78 is 7.80. The average molecular weight is 425 g/mol. The molecule has 0 saturated heterocycles. The van der Waals surface area contributed by atoms with E-state index in [0.29, 0.717) is 0 Å². The van der Waals surface area contributed by atoms with Gasteiger partial charge in [-0.15, -0.1) is 0 Å². The molecule has 1 aliphatic carbocycles. The van der Waals surface area contributed by atoms with E-state index in [1.807, 2.05) is 0 Å². The van der Waals surface area contributed by atoms with Crippen molar-refractivity contribution < 1.29 is 4.74 Å². The van der Waals surface area contributed by atoms with Crippen molar-refractivity contribution in [1.82, 2.24) is 5.01 Å². The van der Waals surface area contributed by atoms with Gasteiger partial charge in [0, 0.05) is 29.3 Å². The molecular formula is C23H25BrN2O. The van der Waals surface area contributed by atoms with Crippen LogP contribution in [0.25, 0.3) is 0 Å². The van der Waals surface area contributed by atoms with Crippen LogP contribution in [0.5, 0.6) is 5.75 Å². The van der Waals surface area contributed by atoms with Gasteiger partial charge in [0.25, 0.3) is 0 Å². The summed E-state index contributed by atoms with van der Waals surface area (Å²) in [4.78, 5) is 0. The minimum Gasteiger partial charge on any atom is -0.466 e. The van der Waals surface area contributed by atoms with Crippen LogP contribution in [0.1, 0.15) is 62.6 Å². The molecule has 3 aliphatic rings. The number of benzene rings is 2. The first kappa shape index (κ1) is 17.3. The summed E-state index contributed by atoms with van der Waals surface area (Å²) in [5.74, 6) is 1.86. The summed E-state index contributed by atoms with van der Waals surface area (Å²) in [5, 5.41) is 7.46. The summed E-state index contributed by atoms with van der Waals surface area (Å²) in [6.07, 6.45) is 6.77. The molecule has 2 aliphatic heterocycles. The summed E-state index contributed by atoms with van der Waals surface area (Å²) in [6, 6.07) is 17.3. The minimum atomic E-state index is -0.284.